The number of hydrogen-bond donors (Lipinski definition) is 1. The monoisotopic (exact) mass is 343 g/mol. The maximum Gasteiger partial charge on any atom is 0.244 e. The third kappa shape index (κ3) is 3.52. The van der Waals surface area contributed by atoms with Gasteiger partial charge in [-0.1, -0.05) is 53.2 Å². The lowest BCUT2D eigenvalue weighted by Crippen LogP contribution is -2.27. The molecule has 24 heavy (non-hydrogen) atoms. The van der Waals surface area contributed by atoms with Gasteiger partial charge in [-0.05, 0) is 26.0 Å². The lowest BCUT2D eigenvalue weighted by atomic mass is 10.2. The molecule has 2 aromatic carbocycles. The fourth-order valence-corrected chi connectivity index (χ4v) is 3.38. The van der Waals surface area contributed by atoms with Crippen LogP contribution in [-0.4, -0.2) is 18.6 Å². The van der Waals surface area contributed by atoms with Crippen molar-refractivity contribution in [1.29, 1.82) is 0 Å². The SMILES string of the molecule is Cc1ccc(S(=O)(=O)N[C@@H](C)c2nc(-c3ccccc3)no2)cc1. The van der Waals surface area contributed by atoms with Gasteiger partial charge >= 0.3 is 0 Å². The van der Waals surface area contributed by atoms with Gasteiger partial charge in [0.1, 0.15) is 0 Å². The van der Waals surface area contributed by atoms with E-state index in [0.29, 0.717) is 5.82 Å². The molecule has 0 spiro atoms. The molecule has 7 heteroatoms. The molecule has 0 radical (unpaired) electrons. The van der Waals surface area contributed by atoms with Crippen LogP contribution < -0.4 is 4.72 Å². The highest BCUT2D eigenvalue weighted by Gasteiger charge is 2.22. The molecule has 3 rings (SSSR count). The lowest BCUT2D eigenvalue weighted by Gasteiger charge is -2.10. The molecular weight excluding hydrogens is 326 g/mol. The Morgan fingerprint density at radius 3 is 2.38 bits per heavy atom. The first-order chi connectivity index (χ1) is 11.5. The van der Waals surface area contributed by atoms with Crippen molar-refractivity contribution in [2.75, 3.05) is 0 Å². The topological polar surface area (TPSA) is 85.1 Å². The van der Waals surface area contributed by atoms with Crippen LogP contribution in [0.2, 0.25) is 0 Å². The molecule has 6 nitrogen and oxygen atoms in total. The highest BCUT2D eigenvalue weighted by molar-refractivity contribution is 7.89. The Morgan fingerprint density at radius 1 is 1.04 bits per heavy atom. The molecule has 1 N–H and O–H groups in total. The van der Waals surface area contributed by atoms with E-state index in [0.717, 1.165) is 11.1 Å². The van der Waals surface area contributed by atoms with Crippen LogP contribution in [0.25, 0.3) is 11.4 Å². The van der Waals surface area contributed by atoms with Crippen molar-refractivity contribution in [2.45, 2.75) is 24.8 Å². The van der Waals surface area contributed by atoms with Gasteiger partial charge in [0.15, 0.2) is 0 Å². The first-order valence-corrected chi connectivity index (χ1v) is 8.92. The summed E-state index contributed by atoms with van der Waals surface area (Å²) in [6.45, 7) is 3.56. The summed E-state index contributed by atoms with van der Waals surface area (Å²) in [6, 6.07) is 15.3. The summed E-state index contributed by atoms with van der Waals surface area (Å²) in [7, 11) is -3.66. The van der Waals surface area contributed by atoms with Crippen LogP contribution in [0.4, 0.5) is 0 Å². The number of benzene rings is 2. The minimum atomic E-state index is -3.66. The molecule has 0 amide bonds. The molecule has 1 aromatic heterocycles. The van der Waals surface area contributed by atoms with Crippen molar-refractivity contribution in [3.05, 3.63) is 66.1 Å². The molecule has 0 aliphatic rings. The minimum absolute atomic E-state index is 0.197. The Balaban J connectivity index is 1.79. The van der Waals surface area contributed by atoms with E-state index < -0.39 is 16.1 Å². The Bertz CT molecular complexity index is 919. The average Bonchev–Trinajstić information content (AvgIpc) is 3.06. The van der Waals surface area contributed by atoms with Crippen LogP contribution in [0.1, 0.15) is 24.4 Å². The summed E-state index contributed by atoms with van der Waals surface area (Å²) in [5, 5.41) is 3.90. The van der Waals surface area contributed by atoms with Gasteiger partial charge in [0, 0.05) is 5.56 Å². The normalized spacial score (nSPS) is 12.9. The fourth-order valence-electron chi connectivity index (χ4n) is 2.18. The first-order valence-electron chi connectivity index (χ1n) is 7.44. The number of rotatable bonds is 5. The van der Waals surface area contributed by atoms with Crippen molar-refractivity contribution in [1.82, 2.24) is 14.9 Å². The summed E-state index contributed by atoms with van der Waals surface area (Å²) in [5.74, 6) is 0.636. The quantitative estimate of drug-likeness (QED) is 0.769. The van der Waals surface area contributed by atoms with E-state index in [1.807, 2.05) is 37.3 Å². The van der Waals surface area contributed by atoms with Crippen molar-refractivity contribution in [2.24, 2.45) is 0 Å². The predicted molar refractivity (Wildman–Crippen MR) is 89.6 cm³/mol. The number of aryl methyl sites for hydroxylation is 1. The van der Waals surface area contributed by atoms with Gasteiger partial charge in [0.2, 0.25) is 21.7 Å². The maximum absolute atomic E-state index is 12.4. The molecule has 0 aliphatic carbocycles. The predicted octanol–water partition coefficient (Wildman–Crippen LogP) is 3.08. The van der Waals surface area contributed by atoms with Gasteiger partial charge in [-0.3, -0.25) is 0 Å². The molecule has 124 valence electrons. The first kappa shape index (κ1) is 16.4. The van der Waals surface area contributed by atoms with Gasteiger partial charge in [0.05, 0.1) is 10.9 Å². The van der Waals surface area contributed by atoms with Gasteiger partial charge in [-0.2, -0.15) is 9.71 Å². The second kappa shape index (κ2) is 6.54. The van der Waals surface area contributed by atoms with E-state index >= 15 is 0 Å². The maximum atomic E-state index is 12.4. The molecule has 0 unspecified atom stereocenters. The van der Waals surface area contributed by atoms with E-state index in [1.54, 1.807) is 31.2 Å². The van der Waals surface area contributed by atoms with E-state index in [2.05, 4.69) is 14.9 Å². The van der Waals surface area contributed by atoms with Crippen LogP contribution in [0.5, 0.6) is 0 Å². The Kier molecular flexibility index (Phi) is 4.46. The van der Waals surface area contributed by atoms with Crippen LogP contribution in [0.3, 0.4) is 0 Å². The number of sulfonamides is 1. The van der Waals surface area contributed by atoms with Crippen molar-refractivity contribution in [3.63, 3.8) is 0 Å². The number of nitrogens with zero attached hydrogens (tertiary/aromatic N) is 2. The number of aromatic nitrogens is 2. The lowest BCUT2D eigenvalue weighted by molar-refractivity contribution is 0.354. The summed E-state index contributed by atoms with van der Waals surface area (Å²) in [6.07, 6.45) is 0. The minimum Gasteiger partial charge on any atom is -0.337 e. The molecule has 3 aromatic rings. The number of hydrogen-bond acceptors (Lipinski definition) is 5. The third-order valence-corrected chi connectivity index (χ3v) is 5.06. The van der Waals surface area contributed by atoms with Crippen LogP contribution in [0.15, 0.2) is 64.0 Å². The second-order valence-corrected chi connectivity index (χ2v) is 7.19. The van der Waals surface area contributed by atoms with E-state index in [4.69, 9.17) is 4.52 Å². The van der Waals surface area contributed by atoms with Crippen molar-refractivity contribution in [3.8, 4) is 11.4 Å². The standard InChI is InChI=1S/C17H17N3O3S/c1-12-8-10-15(11-9-12)24(21,22)20-13(2)17-18-16(19-23-17)14-6-4-3-5-7-14/h3-11,13,20H,1-2H3/t13-/m0/s1. The molecule has 1 heterocycles. The zero-order chi connectivity index (χ0) is 17.2. The fraction of sp³-hybridized carbons (Fsp3) is 0.176. The molecule has 1 atom stereocenters. The Labute approximate surface area is 140 Å². The Hall–Kier alpha value is -2.51. The van der Waals surface area contributed by atoms with Gasteiger partial charge in [-0.25, -0.2) is 8.42 Å². The second-order valence-electron chi connectivity index (χ2n) is 5.48. The molecule has 0 saturated carbocycles. The third-order valence-electron chi connectivity index (χ3n) is 3.51. The van der Waals surface area contributed by atoms with E-state index in [1.165, 1.54) is 0 Å². The zero-order valence-corrected chi connectivity index (χ0v) is 14.1. The van der Waals surface area contributed by atoms with E-state index in [-0.39, 0.29) is 10.8 Å². The molecule has 0 saturated heterocycles. The van der Waals surface area contributed by atoms with Gasteiger partial charge in [0.25, 0.3) is 0 Å². The molecular formula is C17H17N3O3S. The average molecular weight is 343 g/mol. The van der Waals surface area contributed by atoms with Crippen molar-refractivity contribution < 1.29 is 12.9 Å². The summed E-state index contributed by atoms with van der Waals surface area (Å²) >= 11 is 0. The summed E-state index contributed by atoms with van der Waals surface area (Å²) < 4.78 is 32.5. The smallest absolute Gasteiger partial charge is 0.244 e. The van der Waals surface area contributed by atoms with Crippen LogP contribution >= 0.6 is 0 Å². The van der Waals surface area contributed by atoms with Crippen LogP contribution in [0, 0.1) is 6.92 Å². The molecule has 0 fully saturated rings. The van der Waals surface area contributed by atoms with Gasteiger partial charge in [-0.15, -0.1) is 0 Å². The van der Waals surface area contributed by atoms with Crippen LogP contribution in [-0.2, 0) is 10.0 Å². The summed E-state index contributed by atoms with van der Waals surface area (Å²) in [4.78, 5) is 4.46. The summed E-state index contributed by atoms with van der Waals surface area (Å²) in [5.41, 5.74) is 1.80. The van der Waals surface area contributed by atoms with Crippen molar-refractivity contribution >= 4 is 10.0 Å². The van der Waals surface area contributed by atoms with E-state index in [9.17, 15) is 8.42 Å². The molecule has 0 bridgehead atoms. The highest BCUT2D eigenvalue weighted by atomic mass is 32.2. The molecule has 0 aliphatic heterocycles. The highest BCUT2D eigenvalue weighted by Crippen LogP contribution is 2.20. The zero-order valence-electron chi connectivity index (χ0n) is 13.3. The van der Waals surface area contributed by atoms with Gasteiger partial charge < -0.3 is 4.52 Å². The number of nitrogens with one attached hydrogen (secondary N) is 1. The Morgan fingerprint density at radius 2 is 1.71 bits per heavy atom. The largest absolute Gasteiger partial charge is 0.337 e.